The number of carboxylic acids is 1. The van der Waals surface area contributed by atoms with Crippen molar-refractivity contribution >= 4 is 23.6 Å². The molecule has 16 nitrogen and oxygen atoms in total. The summed E-state index contributed by atoms with van der Waals surface area (Å²) in [4.78, 5) is 31.6. The topological polar surface area (TPSA) is 208 Å². The van der Waals surface area contributed by atoms with Gasteiger partial charge in [0.25, 0.3) is 0 Å². The molecule has 0 saturated carbocycles. The van der Waals surface area contributed by atoms with Gasteiger partial charge in [-0.3, -0.25) is 9.98 Å². The highest BCUT2D eigenvalue weighted by Gasteiger charge is 2.40. The van der Waals surface area contributed by atoms with Crippen molar-refractivity contribution in [3.63, 3.8) is 0 Å². The Kier molecular flexibility index (Phi) is 14.9. The van der Waals surface area contributed by atoms with Crippen LogP contribution >= 0.6 is 0 Å². The molecule has 49 heavy (non-hydrogen) atoms. The molecule has 2 aromatic rings. The normalized spacial score (nSPS) is 19.4. The van der Waals surface area contributed by atoms with Crippen LogP contribution in [0, 0.1) is 0 Å². The monoisotopic (exact) mass is 690 g/mol. The number of phenolic OH excluding ortho intramolecular Hbond substituents is 2. The highest BCUT2D eigenvalue weighted by molar-refractivity contribution is 6.07. The summed E-state index contributed by atoms with van der Waals surface area (Å²) in [5.41, 5.74) is -1.25. The van der Waals surface area contributed by atoms with E-state index in [0.717, 1.165) is 0 Å². The van der Waals surface area contributed by atoms with Crippen LogP contribution in [0.3, 0.4) is 0 Å². The number of aromatic hydroxyl groups is 2. The zero-order valence-corrected chi connectivity index (χ0v) is 28.4. The van der Waals surface area contributed by atoms with Crippen molar-refractivity contribution in [1.29, 1.82) is 0 Å². The highest BCUT2D eigenvalue weighted by atomic mass is 16.6. The molecule has 16 heteroatoms. The number of phenols is 2. The van der Waals surface area contributed by atoms with E-state index in [1.807, 2.05) is 0 Å². The Morgan fingerprint density at radius 2 is 1.12 bits per heavy atom. The minimum Gasteiger partial charge on any atom is -0.504 e. The van der Waals surface area contributed by atoms with E-state index in [-0.39, 0.29) is 36.9 Å². The third kappa shape index (κ3) is 10.7. The summed E-state index contributed by atoms with van der Waals surface area (Å²) in [5, 5.41) is 35.8. The average molecular weight is 691 g/mol. The number of carbonyl (C=O) groups is 2. The summed E-state index contributed by atoms with van der Waals surface area (Å²) in [6.45, 7) is 6.86. The van der Waals surface area contributed by atoms with Crippen molar-refractivity contribution in [3.8, 4) is 23.0 Å². The number of carboxylic acid groups (broad SMARTS) is 1. The molecule has 2 unspecified atom stereocenters. The van der Waals surface area contributed by atoms with Gasteiger partial charge in [0.15, 0.2) is 34.1 Å². The SMILES string of the molecule is COCCOCCOc1cccc(C2=NCC(C)(C(=O)O)N2)c1O.COCCOCCOc1cccc(C2=NCC(C)(C(=O)OC)N2)c1O. The summed E-state index contributed by atoms with van der Waals surface area (Å²) in [6.07, 6.45) is 0. The van der Waals surface area contributed by atoms with Crippen molar-refractivity contribution in [2.24, 2.45) is 9.98 Å². The van der Waals surface area contributed by atoms with Crippen molar-refractivity contribution < 1.29 is 58.1 Å². The molecule has 270 valence electrons. The second kappa shape index (κ2) is 18.8. The van der Waals surface area contributed by atoms with Crippen molar-refractivity contribution in [2.45, 2.75) is 24.9 Å². The maximum absolute atomic E-state index is 11.8. The molecule has 2 heterocycles. The standard InChI is InChI=1S/C17H24N2O6.C16H22N2O6/c1-17(16(21)23-3)11-18-15(19-17)12-5-4-6-13(14(12)20)25-10-9-24-8-7-22-2;1-16(15(20)21)10-17-14(18-16)11-4-3-5-12(13(11)19)24-9-8-23-7-6-22-2/h4-6,20H,7-11H2,1-3H3,(H,18,19);3-5,19H,6-10H2,1-2H3,(H,17,18)(H,20,21). The molecule has 0 aliphatic carbocycles. The number of ether oxygens (including phenoxy) is 7. The number of benzene rings is 2. The third-order valence-electron chi connectivity index (χ3n) is 7.35. The number of aliphatic imine (C=N–C) groups is 2. The van der Waals surface area contributed by atoms with Crippen LogP contribution in [-0.2, 0) is 33.3 Å². The minimum atomic E-state index is -1.17. The van der Waals surface area contributed by atoms with Gasteiger partial charge < -0.3 is 59.1 Å². The molecule has 2 aromatic carbocycles. The average Bonchev–Trinajstić information content (AvgIpc) is 3.70. The number of hydrogen-bond acceptors (Lipinski definition) is 15. The van der Waals surface area contributed by atoms with E-state index in [4.69, 9.17) is 33.2 Å². The largest absolute Gasteiger partial charge is 0.504 e. The number of esters is 1. The van der Waals surface area contributed by atoms with E-state index in [0.29, 0.717) is 74.8 Å². The van der Waals surface area contributed by atoms with Crippen molar-refractivity contribution in [3.05, 3.63) is 47.5 Å². The zero-order chi connectivity index (χ0) is 35.9. The molecule has 0 saturated heterocycles. The van der Waals surface area contributed by atoms with Crippen LogP contribution in [0.25, 0.3) is 0 Å². The quantitative estimate of drug-likeness (QED) is 0.111. The van der Waals surface area contributed by atoms with Crippen molar-refractivity contribution in [2.75, 3.05) is 87.3 Å². The lowest BCUT2D eigenvalue weighted by molar-refractivity contribution is -0.146. The molecule has 0 fully saturated rings. The molecule has 0 bridgehead atoms. The van der Waals surface area contributed by atoms with Gasteiger partial charge in [0, 0.05) is 14.2 Å². The fourth-order valence-electron chi connectivity index (χ4n) is 4.49. The van der Waals surface area contributed by atoms with Gasteiger partial charge in [-0.1, -0.05) is 12.1 Å². The van der Waals surface area contributed by atoms with E-state index in [9.17, 15) is 24.9 Å². The summed E-state index contributed by atoms with van der Waals surface area (Å²) in [5.74, 6) is -0.172. The number of nitrogens with one attached hydrogen (secondary N) is 2. The summed E-state index contributed by atoms with van der Waals surface area (Å²) >= 11 is 0. The Balaban J connectivity index is 0.000000266. The Morgan fingerprint density at radius 1 is 0.694 bits per heavy atom. The van der Waals surface area contributed by atoms with Gasteiger partial charge in [0.2, 0.25) is 0 Å². The maximum atomic E-state index is 11.8. The first-order valence-electron chi connectivity index (χ1n) is 15.5. The predicted molar refractivity (Wildman–Crippen MR) is 178 cm³/mol. The second-order valence-electron chi connectivity index (χ2n) is 11.3. The van der Waals surface area contributed by atoms with Gasteiger partial charge in [-0.15, -0.1) is 0 Å². The van der Waals surface area contributed by atoms with E-state index in [2.05, 4.69) is 20.6 Å². The van der Waals surface area contributed by atoms with Crippen LogP contribution in [0.5, 0.6) is 23.0 Å². The first kappa shape index (κ1) is 38.8. The summed E-state index contributed by atoms with van der Waals surface area (Å²) in [6, 6.07) is 10.1. The number of nitrogens with zero attached hydrogens (tertiary/aromatic N) is 2. The molecule has 2 atom stereocenters. The lowest BCUT2D eigenvalue weighted by atomic mass is 10.0. The molecule has 0 aromatic heterocycles. The number of amidine groups is 2. The molecular formula is C33H46N4O12. The molecule has 0 spiro atoms. The maximum Gasteiger partial charge on any atom is 0.333 e. The lowest BCUT2D eigenvalue weighted by Gasteiger charge is -2.21. The van der Waals surface area contributed by atoms with E-state index in [1.165, 1.54) is 7.11 Å². The molecule has 5 N–H and O–H groups in total. The number of methoxy groups -OCH3 is 3. The predicted octanol–water partition coefficient (Wildman–Crippen LogP) is 1.34. The number of carbonyl (C=O) groups excluding carboxylic acids is 1. The highest BCUT2D eigenvalue weighted by Crippen LogP contribution is 2.32. The molecule has 4 rings (SSSR count). The second-order valence-corrected chi connectivity index (χ2v) is 11.3. The first-order valence-corrected chi connectivity index (χ1v) is 15.5. The lowest BCUT2D eigenvalue weighted by Crippen LogP contribution is -2.50. The first-order chi connectivity index (χ1) is 23.5. The summed E-state index contributed by atoms with van der Waals surface area (Å²) in [7, 11) is 4.53. The van der Waals surface area contributed by atoms with Crippen LogP contribution in [0.1, 0.15) is 25.0 Å². The van der Waals surface area contributed by atoms with Crippen LogP contribution in [-0.4, -0.2) is 137 Å². The van der Waals surface area contributed by atoms with E-state index < -0.39 is 23.0 Å². The van der Waals surface area contributed by atoms with Gasteiger partial charge in [0.05, 0.1) is 71.0 Å². The van der Waals surface area contributed by atoms with Crippen LogP contribution < -0.4 is 20.1 Å². The van der Waals surface area contributed by atoms with Crippen LogP contribution in [0.2, 0.25) is 0 Å². The number of aliphatic carboxylic acids is 1. The van der Waals surface area contributed by atoms with E-state index >= 15 is 0 Å². The zero-order valence-electron chi connectivity index (χ0n) is 28.4. The van der Waals surface area contributed by atoms with Crippen LogP contribution in [0.15, 0.2) is 46.4 Å². The Morgan fingerprint density at radius 3 is 1.53 bits per heavy atom. The van der Waals surface area contributed by atoms with Gasteiger partial charge in [-0.05, 0) is 38.1 Å². The number of para-hydroxylation sites is 2. The molecule has 0 radical (unpaired) electrons. The fourth-order valence-corrected chi connectivity index (χ4v) is 4.49. The fraction of sp³-hybridized carbons (Fsp3) is 0.515. The molecular weight excluding hydrogens is 644 g/mol. The van der Waals surface area contributed by atoms with E-state index in [1.54, 1.807) is 64.5 Å². The van der Waals surface area contributed by atoms with Gasteiger partial charge in [0.1, 0.15) is 24.9 Å². The van der Waals surface area contributed by atoms with Crippen molar-refractivity contribution in [1.82, 2.24) is 10.6 Å². The smallest absolute Gasteiger partial charge is 0.333 e. The summed E-state index contributed by atoms with van der Waals surface area (Å²) < 4.78 is 36.2. The van der Waals surface area contributed by atoms with Gasteiger partial charge in [-0.2, -0.15) is 0 Å². The molecule has 2 aliphatic rings. The molecule has 2 aliphatic heterocycles. The third-order valence-corrected chi connectivity index (χ3v) is 7.35. The van der Waals surface area contributed by atoms with Crippen LogP contribution in [0.4, 0.5) is 0 Å². The number of rotatable bonds is 18. The Hall–Kier alpha value is -4.64. The Labute approximate surface area is 285 Å². The van der Waals surface area contributed by atoms with Gasteiger partial charge in [-0.25, -0.2) is 9.59 Å². The van der Waals surface area contributed by atoms with Gasteiger partial charge >= 0.3 is 11.9 Å². The minimum absolute atomic E-state index is 0.0419. The molecule has 0 amide bonds. The number of hydrogen-bond donors (Lipinski definition) is 5. The Bertz CT molecular complexity index is 1470.